The van der Waals surface area contributed by atoms with E-state index in [-0.39, 0.29) is 6.67 Å². The Kier molecular flexibility index (Phi) is 5.34. The maximum absolute atomic E-state index is 11.7. The summed E-state index contributed by atoms with van der Waals surface area (Å²) >= 11 is 0. The lowest BCUT2D eigenvalue weighted by molar-refractivity contribution is -0.132. The van der Waals surface area contributed by atoms with E-state index in [1.165, 1.54) is 0 Å². The topological polar surface area (TPSA) is 37.3 Å². The summed E-state index contributed by atoms with van der Waals surface area (Å²) in [6.45, 7) is 3.04. The van der Waals surface area contributed by atoms with Crippen molar-refractivity contribution in [2.75, 3.05) is 6.67 Å². The summed E-state index contributed by atoms with van der Waals surface area (Å²) < 4.78 is 11.7. The molecule has 0 atom stereocenters. The van der Waals surface area contributed by atoms with Gasteiger partial charge in [-0.05, 0) is 33.1 Å². The van der Waals surface area contributed by atoms with Crippen molar-refractivity contribution in [1.29, 1.82) is 0 Å². The van der Waals surface area contributed by atoms with Crippen LogP contribution < -0.4 is 0 Å². The molecule has 0 fully saturated rings. The third-order valence-corrected chi connectivity index (χ3v) is 1.90. The molecule has 0 rings (SSSR count). The summed E-state index contributed by atoms with van der Waals surface area (Å²) in [6.07, 6.45) is 1.93. The van der Waals surface area contributed by atoms with Crippen LogP contribution in [0.1, 0.15) is 33.1 Å². The quantitative estimate of drug-likeness (QED) is 0.513. The van der Waals surface area contributed by atoms with E-state index in [1.54, 1.807) is 13.8 Å². The largest absolute Gasteiger partial charge is 0.478 e. The molecule has 0 aromatic carbocycles. The second kappa shape index (κ2) is 5.75. The molecule has 0 radical (unpaired) electrons. The highest BCUT2D eigenvalue weighted by molar-refractivity contribution is 5.86. The van der Waals surface area contributed by atoms with Gasteiger partial charge in [-0.25, -0.2) is 4.79 Å². The highest BCUT2D eigenvalue weighted by Crippen LogP contribution is 2.11. The van der Waals surface area contributed by atoms with Crippen LogP contribution in [0.5, 0.6) is 0 Å². The second-order valence-electron chi connectivity index (χ2n) is 2.86. The minimum Gasteiger partial charge on any atom is -0.478 e. The first-order valence-corrected chi connectivity index (χ1v) is 4.05. The van der Waals surface area contributed by atoms with Gasteiger partial charge in [0.2, 0.25) is 0 Å². The number of halogens is 1. The van der Waals surface area contributed by atoms with Gasteiger partial charge in [-0.1, -0.05) is 5.57 Å². The zero-order chi connectivity index (χ0) is 9.56. The molecular formula is C9H15FO2. The molecule has 0 bridgehead atoms. The number of carbonyl (C=O) groups is 1. The fourth-order valence-corrected chi connectivity index (χ4v) is 0.855. The molecule has 0 spiro atoms. The molecule has 3 heteroatoms. The van der Waals surface area contributed by atoms with E-state index in [9.17, 15) is 9.18 Å². The van der Waals surface area contributed by atoms with Gasteiger partial charge in [0, 0.05) is 5.57 Å². The Morgan fingerprint density at radius 1 is 1.33 bits per heavy atom. The van der Waals surface area contributed by atoms with Gasteiger partial charge in [0.25, 0.3) is 0 Å². The molecule has 0 heterocycles. The van der Waals surface area contributed by atoms with Crippen LogP contribution in [-0.2, 0) is 4.79 Å². The maximum atomic E-state index is 11.7. The minimum atomic E-state index is -0.882. The van der Waals surface area contributed by atoms with Crippen LogP contribution in [0, 0.1) is 0 Å². The molecule has 1 N–H and O–H groups in total. The van der Waals surface area contributed by atoms with Crippen molar-refractivity contribution in [2.24, 2.45) is 0 Å². The van der Waals surface area contributed by atoms with Crippen LogP contribution in [0.15, 0.2) is 11.1 Å². The Bertz CT molecular complexity index is 185. The van der Waals surface area contributed by atoms with Crippen LogP contribution >= 0.6 is 0 Å². The molecule has 2 nitrogen and oxygen atoms in total. The van der Waals surface area contributed by atoms with Crippen molar-refractivity contribution in [2.45, 2.75) is 33.1 Å². The Morgan fingerprint density at radius 2 is 1.92 bits per heavy atom. The van der Waals surface area contributed by atoms with Crippen molar-refractivity contribution in [1.82, 2.24) is 0 Å². The van der Waals surface area contributed by atoms with E-state index in [1.807, 2.05) is 0 Å². The molecule has 0 amide bonds. The van der Waals surface area contributed by atoms with Crippen LogP contribution in [-0.4, -0.2) is 17.8 Å². The first-order chi connectivity index (χ1) is 5.59. The van der Waals surface area contributed by atoms with E-state index >= 15 is 0 Å². The first kappa shape index (κ1) is 11.1. The smallest absolute Gasteiger partial charge is 0.331 e. The minimum absolute atomic E-state index is 0.320. The highest BCUT2D eigenvalue weighted by atomic mass is 19.1. The molecule has 0 aliphatic carbocycles. The number of unbranched alkanes of at least 4 members (excludes halogenated alkanes) is 1. The van der Waals surface area contributed by atoms with Crippen LogP contribution in [0.25, 0.3) is 0 Å². The third-order valence-electron chi connectivity index (χ3n) is 1.90. The predicted molar refractivity (Wildman–Crippen MR) is 45.8 cm³/mol. The average molecular weight is 174 g/mol. The van der Waals surface area contributed by atoms with Gasteiger partial charge >= 0.3 is 5.97 Å². The fourth-order valence-electron chi connectivity index (χ4n) is 0.855. The van der Waals surface area contributed by atoms with Gasteiger partial charge < -0.3 is 5.11 Å². The summed E-state index contributed by atoms with van der Waals surface area (Å²) in [5.41, 5.74) is 1.23. The van der Waals surface area contributed by atoms with Crippen molar-refractivity contribution in [3.8, 4) is 0 Å². The Morgan fingerprint density at radius 3 is 2.33 bits per heavy atom. The van der Waals surface area contributed by atoms with Gasteiger partial charge in [-0.15, -0.1) is 0 Å². The molecule has 0 aromatic rings. The van der Waals surface area contributed by atoms with E-state index in [4.69, 9.17) is 5.11 Å². The maximum Gasteiger partial charge on any atom is 0.331 e. The number of hydrogen-bond acceptors (Lipinski definition) is 1. The summed E-state index contributed by atoms with van der Waals surface area (Å²) in [5, 5.41) is 8.58. The number of carboxylic acids is 1. The lowest BCUT2D eigenvalue weighted by Crippen LogP contribution is -1.99. The lowest BCUT2D eigenvalue weighted by atomic mass is 10.1. The fraction of sp³-hybridized carbons (Fsp3) is 0.667. The summed E-state index contributed by atoms with van der Waals surface area (Å²) in [6, 6.07) is 0. The SMILES string of the molecule is CC(CCCCF)=C(C)C(=O)O. The van der Waals surface area contributed by atoms with Crippen molar-refractivity contribution >= 4 is 5.97 Å². The summed E-state index contributed by atoms with van der Waals surface area (Å²) in [7, 11) is 0. The monoisotopic (exact) mass is 174 g/mol. The van der Waals surface area contributed by atoms with E-state index in [0.717, 1.165) is 12.0 Å². The summed E-state index contributed by atoms with van der Waals surface area (Å²) in [5.74, 6) is -0.882. The molecule has 12 heavy (non-hydrogen) atoms. The molecule has 0 saturated carbocycles. The Hall–Kier alpha value is -0.860. The molecule has 70 valence electrons. The van der Waals surface area contributed by atoms with Crippen molar-refractivity contribution in [3.05, 3.63) is 11.1 Å². The number of alkyl halides is 1. The molecule has 0 saturated heterocycles. The van der Waals surface area contributed by atoms with Gasteiger partial charge in [-0.2, -0.15) is 0 Å². The Labute approximate surface area is 72.1 Å². The van der Waals surface area contributed by atoms with E-state index in [2.05, 4.69) is 0 Å². The van der Waals surface area contributed by atoms with Crippen molar-refractivity contribution in [3.63, 3.8) is 0 Å². The number of allylic oxidation sites excluding steroid dienone is 1. The molecule has 0 aliphatic rings. The van der Waals surface area contributed by atoms with Crippen molar-refractivity contribution < 1.29 is 14.3 Å². The normalized spacial score (nSPS) is 12.6. The molecule has 0 aliphatic heterocycles. The van der Waals surface area contributed by atoms with E-state index in [0.29, 0.717) is 18.4 Å². The van der Waals surface area contributed by atoms with Gasteiger partial charge in [-0.3, -0.25) is 4.39 Å². The summed E-state index contributed by atoms with van der Waals surface area (Å²) in [4.78, 5) is 10.4. The van der Waals surface area contributed by atoms with Gasteiger partial charge in [0.05, 0.1) is 6.67 Å². The van der Waals surface area contributed by atoms with Crippen LogP contribution in [0.4, 0.5) is 4.39 Å². The first-order valence-electron chi connectivity index (χ1n) is 4.05. The standard InChI is InChI=1S/C9H15FO2/c1-7(5-3-4-6-10)8(2)9(11)12/h3-6H2,1-2H3,(H,11,12). The van der Waals surface area contributed by atoms with Crippen LogP contribution in [0.2, 0.25) is 0 Å². The van der Waals surface area contributed by atoms with E-state index < -0.39 is 5.97 Å². The number of hydrogen-bond donors (Lipinski definition) is 1. The van der Waals surface area contributed by atoms with Crippen LogP contribution in [0.3, 0.4) is 0 Å². The molecule has 0 aromatic heterocycles. The number of aliphatic carboxylic acids is 1. The second-order valence-corrected chi connectivity index (χ2v) is 2.86. The Balaban J connectivity index is 3.91. The van der Waals surface area contributed by atoms with Gasteiger partial charge in [0.1, 0.15) is 0 Å². The van der Waals surface area contributed by atoms with Gasteiger partial charge in [0.15, 0.2) is 0 Å². The molecular weight excluding hydrogens is 159 g/mol. The zero-order valence-electron chi connectivity index (χ0n) is 7.56. The predicted octanol–water partition coefficient (Wildman–Crippen LogP) is 2.55. The average Bonchev–Trinajstić information content (AvgIpc) is 2.03. The third kappa shape index (κ3) is 4.11. The number of carboxylic acid groups (broad SMARTS) is 1. The zero-order valence-corrected chi connectivity index (χ0v) is 7.56. The number of rotatable bonds is 5. The lowest BCUT2D eigenvalue weighted by Gasteiger charge is -2.02. The highest BCUT2D eigenvalue weighted by Gasteiger charge is 2.04. The molecule has 0 unspecified atom stereocenters.